The van der Waals surface area contributed by atoms with Crippen LogP contribution in [-0.2, 0) is 4.74 Å². The van der Waals surface area contributed by atoms with Crippen molar-refractivity contribution < 1.29 is 19.3 Å². The second-order valence-corrected chi connectivity index (χ2v) is 6.15. The van der Waals surface area contributed by atoms with Crippen LogP contribution in [0.4, 0.5) is 10.2 Å². The number of hydrogen-bond acceptors (Lipinski definition) is 8. The van der Waals surface area contributed by atoms with E-state index in [2.05, 4.69) is 25.6 Å². The molecule has 0 bridgehead atoms. The highest BCUT2D eigenvalue weighted by Gasteiger charge is 2.55. The SMILES string of the molecule is C[C@@]1(F)[C@H](O)[C@@H](CO)O[C@H]1n1nnc2c(NC3CC3)ncnc21. The second kappa shape index (κ2) is 5.05. The van der Waals surface area contributed by atoms with Gasteiger partial charge in [0.15, 0.2) is 28.9 Å². The minimum Gasteiger partial charge on any atom is -0.394 e. The molecule has 2 aromatic rings. The molecule has 0 unspecified atom stereocenters. The van der Waals surface area contributed by atoms with E-state index >= 15 is 0 Å². The van der Waals surface area contributed by atoms with E-state index in [0.29, 0.717) is 23.0 Å². The van der Waals surface area contributed by atoms with E-state index in [1.165, 1.54) is 17.9 Å². The lowest BCUT2D eigenvalue weighted by atomic mass is 9.99. The number of fused-ring (bicyclic) bond motifs is 1. The van der Waals surface area contributed by atoms with Crippen molar-refractivity contribution in [1.29, 1.82) is 0 Å². The third-order valence-electron chi connectivity index (χ3n) is 4.30. The quantitative estimate of drug-likeness (QED) is 0.706. The lowest BCUT2D eigenvalue weighted by Gasteiger charge is -2.23. The van der Waals surface area contributed by atoms with Crippen LogP contribution in [0.2, 0.25) is 0 Å². The zero-order valence-electron chi connectivity index (χ0n) is 12.4. The van der Waals surface area contributed by atoms with Gasteiger partial charge in [0, 0.05) is 6.04 Å². The van der Waals surface area contributed by atoms with Crippen LogP contribution in [0.5, 0.6) is 0 Å². The number of anilines is 1. The molecule has 10 heteroatoms. The summed E-state index contributed by atoms with van der Waals surface area (Å²) < 4.78 is 21.5. The highest BCUT2D eigenvalue weighted by molar-refractivity contribution is 5.82. The van der Waals surface area contributed by atoms with Crippen LogP contribution < -0.4 is 5.32 Å². The Labute approximate surface area is 130 Å². The summed E-state index contributed by atoms with van der Waals surface area (Å²) >= 11 is 0. The fourth-order valence-corrected chi connectivity index (χ4v) is 2.77. The molecule has 0 amide bonds. The lowest BCUT2D eigenvalue weighted by molar-refractivity contribution is -0.0639. The maximum Gasteiger partial charge on any atom is 0.191 e. The van der Waals surface area contributed by atoms with Crippen LogP contribution in [-0.4, -0.2) is 65.7 Å². The van der Waals surface area contributed by atoms with Gasteiger partial charge in [-0.2, -0.15) is 4.68 Å². The fourth-order valence-electron chi connectivity index (χ4n) is 2.77. The number of aliphatic hydroxyl groups is 2. The third kappa shape index (κ3) is 2.25. The first kappa shape index (κ1) is 14.7. The number of aliphatic hydroxyl groups excluding tert-OH is 2. The summed E-state index contributed by atoms with van der Waals surface area (Å²) in [6, 6.07) is 0.369. The summed E-state index contributed by atoms with van der Waals surface area (Å²) in [6.07, 6.45) is -0.250. The van der Waals surface area contributed by atoms with E-state index in [0.717, 1.165) is 12.8 Å². The molecular formula is C13H17FN6O3. The molecular weight excluding hydrogens is 307 g/mol. The number of hydrogen-bond donors (Lipinski definition) is 3. The predicted octanol–water partition coefficient (Wildman–Crippen LogP) is -0.226. The van der Waals surface area contributed by atoms with E-state index in [1.807, 2.05) is 0 Å². The molecule has 23 heavy (non-hydrogen) atoms. The molecule has 4 atom stereocenters. The molecule has 2 aromatic heterocycles. The maximum absolute atomic E-state index is 14.9. The van der Waals surface area contributed by atoms with E-state index < -0.39 is 30.7 Å². The van der Waals surface area contributed by atoms with Crippen molar-refractivity contribution in [3.63, 3.8) is 0 Å². The topological polar surface area (TPSA) is 118 Å². The molecule has 0 aromatic carbocycles. The maximum atomic E-state index is 14.9. The fraction of sp³-hybridized carbons (Fsp3) is 0.692. The minimum absolute atomic E-state index is 0.308. The van der Waals surface area contributed by atoms with Crippen molar-refractivity contribution in [2.75, 3.05) is 11.9 Å². The summed E-state index contributed by atoms with van der Waals surface area (Å²) in [5, 5.41) is 30.4. The minimum atomic E-state index is -2.14. The first-order valence-corrected chi connectivity index (χ1v) is 7.48. The number of halogens is 1. The number of ether oxygens (including phenoxy) is 1. The normalized spacial score (nSPS) is 34.2. The number of alkyl halides is 1. The van der Waals surface area contributed by atoms with E-state index in [-0.39, 0.29) is 0 Å². The van der Waals surface area contributed by atoms with Crippen LogP contribution in [0, 0.1) is 0 Å². The van der Waals surface area contributed by atoms with Gasteiger partial charge in [0.05, 0.1) is 6.61 Å². The Hall–Kier alpha value is -1.91. The van der Waals surface area contributed by atoms with Gasteiger partial charge >= 0.3 is 0 Å². The molecule has 1 saturated heterocycles. The number of nitrogens with one attached hydrogen (secondary N) is 1. The Morgan fingerprint density at radius 1 is 1.48 bits per heavy atom. The van der Waals surface area contributed by atoms with Crippen LogP contribution in [0.1, 0.15) is 26.0 Å². The van der Waals surface area contributed by atoms with Crippen molar-refractivity contribution in [3.8, 4) is 0 Å². The Morgan fingerprint density at radius 2 is 2.26 bits per heavy atom. The zero-order chi connectivity index (χ0) is 16.2. The van der Waals surface area contributed by atoms with E-state index in [4.69, 9.17) is 4.74 Å². The average Bonchev–Trinajstić information content (AvgIpc) is 3.19. The summed E-state index contributed by atoms with van der Waals surface area (Å²) in [5.74, 6) is 0.543. The van der Waals surface area contributed by atoms with E-state index in [1.54, 1.807) is 0 Å². The number of aromatic nitrogens is 5. The van der Waals surface area contributed by atoms with Crippen LogP contribution >= 0.6 is 0 Å². The number of nitrogens with zero attached hydrogens (tertiary/aromatic N) is 5. The summed E-state index contributed by atoms with van der Waals surface area (Å²) in [5.41, 5.74) is -1.41. The van der Waals surface area contributed by atoms with Gasteiger partial charge in [0.25, 0.3) is 0 Å². The standard InChI is InChI=1S/C13H17FN6O3/c1-13(14)9(22)7(4-21)23-12(13)20-11-8(18-19-20)10(15-5-16-11)17-6-2-3-6/h5-7,9,12,21-22H,2-4H2,1H3,(H,15,16,17)/t7-,9-,12-,13-/m1/s1. The Balaban J connectivity index is 1.74. The Bertz CT molecular complexity index is 734. The van der Waals surface area contributed by atoms with Crippen molar-refractivity contribution in [3.05, 3.63) is 6.33 Å². The summed E-state index contributed by atoms with van der Waals surface area (Å²) in [7, 11) is 0. The molecule has 124 valence electrons. The average molecular weight is 324 g/mol. The molecule has 9 nitrogen and oxygen atoms in total. The monoisotopic (exact) mass is 324 g/mol. The second-order valence-electron chi connectivity index (χ2n) is 6.15. The molecule has 1 saturated carbocycles. The van der Waals surface area contributed by atoms with Gasteiger partial charge in [-0.25, -0.2) is 14.4 Å². The zero-order valence-corrected chi connectivity index (χ0v) is 12.4. The lowest BCUT2D eigenvalue weighted by Crippen LogP contribution is -2.40. The Kier molecular flexibility index (Phi) is 3.22. The molecule has 0 spiro atoms. The van der Waals surface area contributed by atoms with Gasteiger partial charge in [0.2, 0.25) is 0 Å². The van der Waals surface area contributed by atoms with Gasteiger partial charge in [-0.05, 0) is 19.8 Å². The molecule has 3 N–H and O–H groups in total. The van der Waals surface area contributed by atoms with Crippen LogP contribution in [0.15, 0.2) is 6.33 Å². The first-order valence-electron chi connectivity index (χ1n) is 7.48. The molecule has 3 heterocycles. The predicted molar refractivity (Wildman–Crippen MR) is 76.3 cm³/mol. The number of rotatable bonds is 4. The molecule has 2 aliphatic rings. The largest absolute Gasteiger partial charge is 0.394 e. The van der Waals surface area contributed by atoms with E-state index in [9.17, 15) is 14.6 Å². The highest BCUT2D eigenvalue weighted by atomic mass is 19.1. The van der Waals surface area contributed by atoms with Gasteiger partial charge < -0.3 is 20.3 Å². The molecule has 2 fully saturated rings. The Morgan fingerprint density at radius 3 is 2.91 bits per heavy atom. The van der Waals surface area contributed by atoms with Crippen LogP contribution in [0.3, 0.4) is 0 Å². The van der Waals surface area contributed by atoms with Crippen LogP contribution in [0.25, 0.3) is 11.2 Å². The van der Waals surface area contributed by atoms with Crippen molar-refractivity contribution >= 4 is 17.0 Å². The van der Waals surface area contributed by atoms with Gasteiger partial charge in [-0.3, -0.25) is 0 Å². The molecule has 1 aliphatic carbocycles. The van der Waals surface area contributed by atoms with Gasteiger partial charge in [0.1, 0.15) is 18.5 Å². The van der Waals surface area contributed by atoms with Crippen molar-refractivity contribution in [2.24, 2.45) is 0 Å². The molecule has 4 rings (SSSR count). The first-order chi connectivity index (χ1) is 11.0. The highest BCUT2D eigenvalue weighted by Crippen LogP contribution is 2.41. The van der Waals surface area contributed by atoms with Crippen molar-refractivity contribution in [2.45, 2.75) is 49.9 Å². The van der Waals surface area contributed by atoms with Crippen molar-refractivity contribution in [1.82, 2.24) is 25.0 Å². The van der Waals surface area contributed by atoms with Gasteiger partial charge in [-0.15, -0.1) is 5.10 Å². The summed E-state index contributed by atoms with van der Waals surface area (Å²) in [6.45, 7) is 0.712. The molecule has 0 radical (unpaired) electrons. The van der Waals surface area contributed by atoms with Gasteiger partial charge in [-0.1, -0.05) is 5.21 Å². The smallest absolute Gasteiger partial charge is 0.191 e. The summed E-state index contributed by atoms with van der Waals surface area (Å²) in [4.78, 5) is 8.26. The molecule has 1 aliphatic heterocycles. The third-order valence-corrected chi connectivity index (χ3v) is 4.30.